The molecule has 1 aliphatic carbocycles. The maximum atomic E-state index is 3.63. The smallest absolute Gasteiger partial charge is 0.0483 e. The summed E-state index contributed by atoms with van der Waals surface area (Å²) in [5.74, 6) is 0.800. The molecule has 3 rings (SSSR count). The number of benzene rings is 1. The van der Waals surface area contributed by atoms with Gasteiger partial charge in [0, 0.05) is 29.7 Å². The lowest BCUT2D eigenvalue weighted by Crippen LogP contribution is -2.19. The summed E-state index contributed by atoms with van der Waals surface area (Å²) < 4.78 is 2.46. The van der Waals surface area contributed by atoms with E-state index in [1.807, 2.05) is 0 Å². The Morgan fingerprint density at radius 2 is 2.05 bits per heavy atom. The Kier molecular flexibility index (Phi) is 4.64. The second-order valence-electron chi connectivity index (χ2n) is 6.88. The van der Waals surface area contributed by atoms with Crippen LogP contribution in [0, 0.1) is 5.92 Å². The summed E-state index contributed by atoms with van der Waals surface area (Å²) >= 11 is 0. The van der Waals surface area contributed by atoms with E-state index in [1.165, 1.54) is 42.1 Å². The number of nitrogens with one attached hydrogen (secondary N) is 1. The molecule has 0 spiro atoms. The van der Waals surface area contributed by atoms with E-state index in [2.05, 4.69) is 54.2 Å². The minimum absolute atomic E-state index is 0.800. The van der Waals surface area contributed by atoms with Crippen LogP contribution in [0.4, 0.5) is 0 Å². The van der Waals surface area contributed by atoms with Crippen molar-refractivity contribution in [3.8, 4) is 0 Å². The number of hydrogen-bond acceptors (Lipinski definition) is 1. The van der Waals surface area contributed by atoms with E-state index >= 15 is 0 Å². The first-order valence-corrected chi connectivity index (χ1v) is 8.54. The molecule has 0 unspecified atom stereocenters. The fourth-order valence-electron chi connectivity index (χ4n) is 3.08. The van der Waals surface area contributed by atoms with Gasteiger partial charge < -0.3 is 9.88 Å². The Morgan fingerprint density at radius 3 is 2.81 bits per heavy atom. The van der Waals surface area contributed by atoms with E-state index in [0.717, 1.165) is 31.5 Å². The third kappa shape index (κ3) is 3.88. The molecule has 2 nitrogen and oxygen atoms in total. The highest BCUT2D eigenvalue weighted by Crippen LogP contribution is 2.23. The van der Waals surface area contributed by atoms with Crippen molar-refractivity contribution in [2.75, 3.05) is 6.54 Å². The van der Waals surface area contributed by atoms with Crippen molar-refractivity contribution >= 4 is 10.9 Å². The molecule has 2 aromatic rings. The fourth-order valence-corrected chi connectivity index (χ4v) is 3.08. The summed E-state index contributed by atoms with van der Waals surface area (Å²) in [7, 11) is 0. The van der Waals surface area contributed by atoms with Crippen LogP contribution in [0.5, 0.6) is 0 Å². The standard InChI is InChI=1S/C19H28N2/c1-15(2)6-5-13-21-14-16(11-12-20-17-9-10-17)18-7-3-4-8-19(18)21/h3-4,7-8,14-15,17,20H,5-6,9-13H2,1-2H3. The number of nitrogens with zero attached hydrogens (tertiary/aromatic N) is 1. The second-order valence-corrected chi connectivity index (χ2v) is 6.88. The summed E-state index contributed by atoms with van der Waals surface area (Å²) in [4.78, 5) is 0. The van der Waals surface area contributed by atoms with E-state index in [4.69, 9.17) is 0 Å². The lowest BCUT2D eigenvalue weighted by Gasteiger charge is -2.07. The van der Waals surface area contributed by atoms with Crippen molar-refractivity contribution < 1.29 is 0 Å². The highest BCUT2D eigenvalue weighted by molar-refractivity contribution is 5.84. The van der Waals surface area contributed by atoms with Crippen LogP contribution >= 0.6 is 0 Å². The molecule has 0 aliphatic heterocycles. The molecule has 1 saturated carbocycles. The largest absolute Gasteiger partial charge is 0.347 e. The van der Waals surface area contributed by atoms with E-state index in [0.29, 0.717) is 0 Å². The lowest BCUT2D eigenvalue weighted by molar-refractivity contribution is 0.517. The van der Waals surface area contributed by atoms with Gasteiger partial charge in [0.25, 0.3) is 0 Å². The molecular weight excluding hydrogens is 256 g/mol. The maximum Gasteiger partial charge on any atom is 0.0483 e. The van der Waals surface area contributed by atoms with Crippen LogP contribution in [0.2, 0.25) is 0 Å². The Hall–Kier alpha value is -1.28. The predicted octanol–water partition coefficient (Wildman–Crippen LogP) is 4.37. The normalized spacial score (nSPS) is 15.2. The average molecular weight is 284 g/mol. The van der Waals surface area contributed by atoms with Gasteiger partial charge in [-0.15, -0.1) is 0 Å². The summed E-state index contributed by atoms with van der Waals surface area (Å²) in [6.07, 6.45) is 8.86. The van der Waals surface area contributed by atoms with Crippen molar-refractivity contribution in [2.45, 2.75) is 58.5 Å². The summed E-state index contributed by atoms with van der Waals surface area (Å²) in [5, 5.41) is 5.07. The zero-order valence-electron chi connectivity index (χ0n) is 13.4. The number of fused-ring (bicyclic) bond motifs is 1. The summed E-state index contributed by atoms with van der Waals surface area (Å²) in [5.41, 5.74) is 2.91. The van der Waals surface area contributed by atoms with Crippen LogP contribution < -0.4 is 5.32 Å². The second kappa shape index (κ2) is 6.65. The molecule has 1 fully saturated rings. The first-order chi connectivity index (χ1) is 10.2. The topological polar surface area (TPSA) is 17.0 Å². The first kappa shape index (κ1) is 14.6. The van der Waals surface area contributed by atoms with Gasteiger partial charge in [0.15, 0.2) is 0 Å². The van der Waals surface area contributed by atoms with Crippen molar-refractivity contribution in [2.24, 2.45) is 5.92 Å². The Morgan fingerprint density at radius 1 is 1.24 bits per heavy atom. The molecule has 1 aromatic heterocycles. The lowest BCUT2D eigenvalue weighted by atomic mass is 10.1. The summed E-state index contributed by atoms with van der Waals surface area (Å²) in [6, 6.07) is 9.68. The van der Waals surface area contributed by atoms with Gasteiger partial charge >= 0.3 is 0 Å². The third-order valence-corrected chi connectivity index (χ3v) is 4.46. The molecule has 1 N–H and O–H groups in total. The van der Waals surface area contributed by atoms with Gasteiger partial charge in [-0.25, -0.2) is 0 Å². The molecule has 2 heteroatoms. The summed E-state index contributed by atoms with van der Waals surface area (Å²) in [6.45, 7) is 6.88. The number of aromatic nitrogens is 1. The third-order valence-electron chi connectivity index (χ3n) is 4.46. The highest BCUT2D eigenvalue weighted by Gasteiger charge is 2.19. The van der Waals surface area contributed by atoms with Crippen molar-refractivity contribution in [1.82, 2.24) is 9.88 Å². The zero-order chi connectivity index (χ0) is 14.7. The molecule has 0 saturated heterocycles. The molecule has 114 valence electrons. The SMILES string of the molecule is CC(C)CCCn1cc(CCNC2CC2)c2ccccc21. The molecule has 0 bridgehead atoms. The fraction of sp³-hybridized carbons (Fsp3) is 0.579. The minimum Gasteiger partial charge on any atom is -0.347 e. The number of rotatable bonds is 8. The van der Waals surface area contributed by atoms with Gasteiger partial charge in [-0.3, -0.25) is 0 Å². The maximum absolute atomic E-state index is 3.63. The minimum atomic E-state index is 0.800. The molecule has 21 heavy (non-hydrogen) atoms. The average Bonchev–Trinajstić information content (AvgIpc) is 3.22. The molecule has 0 atom stereocenters. The van der Waals surface area contributed by atoms with Crippen LogP contribution in [0.15, 0.2) is 30.5 Å². The molecule has 1 aromatic carbocycles. The monoisotopic (exact) mass is 284 g/mol. The molecule has 1 aliphatic rings. The van der Waals surface area contributed by atoms with Gasteiger partial charge in [0.05, 0.1) is 0 Å². The van der Waals surface area contributed by atoms with E-state index in [1.54, 1.807) is 0 Å². The van der Waals surface area contributed by atoms with E-state index < -0.39 is 0 Å². The van der Waals surface area contributed by atoms with E-state index in [-0.39, 0.29) is 0 Å². The Labute approximate surface area is 128 Å². The van der Waals surface area contributed by atoms with Gasteiger partial charge in [-0.1, -0.05) is 32.0 Å². The van der Waals surface area contributed by atoms with Gasteiger partial charge in [-0.05, 0) is 56.2 Å². The van der Waals surface area contributed by atoms with Crippen LogP contribution in [0.3, 0.4) is 0 Å². The van der Waals surface area contributed by atoms with Crippen molar-refractivity contribution in [3.63, 3.8) is 0 Å². The van der Waals surface area contributed by atoms with Crippen molar-refractivity contribution in [3.05, 3.63) is 36.0 Å². The highest BCUT2D eigenvalue weighted by atomic mass is 15.0. The van der Waals surface area contributed by atoms with Crippen LogP contribution in [-0.2, 0) is 13.0 Å². The number of hydrogen-bond donors (Lipinski definition) is 1. The molecule has 0 radical (unpaired) electrons. The van der Waals surface area contributed by atoms with Gasteiger partial charge in [0.1, 0.15) is 0 Å². The first-order valence-electron chi connectivity index (χ1n) is 8.54. The van der Waals surface area contributed by atoms with E-state index in [9.17, 15) is 0 Å². The zero-order valence-corrected chi connectivity index (χ0v) is 13.4. The van der Waals surface area contributed by atoms with Gasteiger partial charge in [0.2, 0.25) is 0 Å². The molecule has 1 heterocycles. The predicted molar refractivity (Wildman–Crippen MR) is 90.7 cm³/mol. The van der Waals surface area contributed by atoms with Gasteiger partial charge in [-0.2, -0.15) is 0 Å². The Bertz CT molecular complexity index is 536. The van der Waals surface area contributed by atoms with Crippen LogP contribution in [0.1, 0.15) is 45.1 Å². The quantitative estimate of drug-likeness (QED) is 0.761. The van der Waals surface area contributed by atoms with Crippen LogP contribution in [-0.4, -0.2) is 17.2 Å². The molecular formula is C19H28N2. The number of aryl methyl sites for hydroxylation is 1. The Balaban J connectivity index is 1.69. The van der Waals surface area contributed by atoms with Crippen LogP contribution in [0.25, 0.3) is 10.9 Å². The van der Waals surface area contributed by atoms with Crippen molar-refractivity contribution in [1.29, 1.82) is 0 Å². The number of para-hydroxylation sites is 1. The molecule has 0 amide bonds.